The smallest absolute Gasteiger partial charge is 0.374 e. The molecule has 0 aromatic carbocycles. The van der Waals surface area contributed by atoms with Gasteiger partial charge in [-0.15, -0.1) is 0 Å². The zero-order chi connectivity index (χ0) is 8.69. The molecule has 0 heterocycles. The molecule has 11 heavy (non-hydrogen) atoms. The fourth-order valence-electron chi connectivity index (χ4n) is 1.23. The summed E-state index contributed by atoms with van der Waals surface area (Å²) in [6.07, 6.45) is 4.17. The number of rotatable bonds is 6. The molecule has 0 aromatic rings. The molecule has 0 amide bonds. The number of hydrogen-bond acceptors (Lipinski definition) is 0. The average Bonchev–Trinajstić information content (AvgIpc) is 1.97. The Balaban J connectivity index is 3.41. The molecule has 0 spiro atoms. The van der Waals surface area contributed by atoms with Crippen LogP contribution in [-0.4, -0.2) is 15.1 Å². The van der Waals surface area contributed by atoms with Crippen LogP contribution in [0, 0.1) is 5.92 Å². The van der Waals surface area contributed by atoms with Crippen LogP contribution in [0.3, 0.4) is 0 Å². The Morgan fingerprint density at radius 2 is 1.91 bits per heavy atom. The molecule has 0 bridgehead atoms. The minimum atomic E-state index is -3.29. The molecule has 0 aliphatic heterocycles. The van der Waals surface area contributed by atoms with Crippen molar-refractivity contribution in [2.24, 2.45) is 5.92 Å². The first-order valence-corrected chi connectivity index (χ1v) is 6.17. The van der Waals surface area contributed by atoms with Crippen molar-refractivity contribution in [2.45, 2.75) is 44.8 Å². The molecule has 0 aliphatic carbocycles. The second-order valence-corrected chi connectivity index (χ2v) is 4.30. The molecule has 0 N–H and O–H groups in total. The third kappa shape index (κ3) is 6.78. The van der Waals surface area contributed by atoms with Gasteiger partial charge in [0.25, 0.3) is 0 Å². The van der Waals surface area contributed by atoms with Crippen molar-refractivity contribution in [3.63, 3.8) is 0 Å². The standard InChI is InChI=1S/C8H17.Al.2FH/c1-4-6-7-8(3)5-2;;;/h8H,3-7H2,1-2H3;;2*1H/q;+2;;/p-2. The predicted molar refractivity (Wildman–Crippen MR) is 46.1 cm³/mol. The van der Waals surface area contributed by atoms with Crippen LogP contribution in [0.4, 0.5) is 7.05 Å². The monoisotopic (exact) mass is 178 g/mol. The lowest BCUT2D eigenvalue weighted by atomic mass is 10.0. The van der Waals surface area contributed by atoms with Crippen molar-refractivity contribution in [3.8, 4) is 0 Å². The van der Waals surface area contributed by atoms with Crippen molar-refractivity contribution in [1.82, 2.24) is 0 Å². The van der Waals surface area contributed by atoms with E-state index in [1.54, 1.807) is 0 Å². The van der Waals surface area contributed by atoms with Crippen LogP contribution < -0.4 is 0 Å². The van der Waals surface area contributed by atoms with Crippen molar-refractivity contribution in [1.29, 1.82) is 0 Å². The highest BCUT2D eigenvalue weighted by Gasteiger charge is 2.24. The van der Waals surface area contributed by atoms with Gasteiger partial charge in [-0.25, -0.2) is 0 Å². The van der Waals surface area contributed by atoms with Gasteiger partial charge in [0.1, 0.15) is 0 Å². The first kappa shape index (κ1) is 11.4. The van der Waals surface area contributed by atoms with Crippen LogP contribution >= 0.6 is 0 Å². The predicted octanol–water partition coefficient (Wildman–Crippen LogP) is 3.63. The first-order valence-electron chi connectivity index (χ1n) is 4.48. The Hall–Kier alpha value is 0.392. The molecule has 0 nitrogen and oxygen atoms in total. The summed E-state index contributed by atoms with van der Waals surface area (Å²) in [6.45, 7) is 4.11. The molecule has 0 rings (SSSR count). The highest BCUT2D eigenvalue weighted by Crippen LogP contribution is 2.19. The average molecular weight is 178 g/mol. The molecule has 1 atom stereocenters. The molecule has 66 valence electrons. The van der Waals surface area contributed by atoms with Gasteiger partial charge >= 0.3 is 15.1 Å². The molecular formula is C8H17AlF2. The molecule has 0 aliphatic rings. The fraction of sp³-hybridized carbons (Fsp3) is 1.00. The maximum atomic E-state index is 12.0. The van der Waals surface area contributed by atoms with Gasteiger partial charge in [0.15, 0.2) is 0 Å². The van der Waals surface area contributed by atoms with Crippen molar-refractivity contribution in [3.05, 3.63) is 0 Å². The third-order valence-corrected chi connectivity index (χ3v) is 3.08. The molecule has 0 aromatic heterocycles. The lowest BCUT2D eigenvalue weighted by Gasteiger charge is -2.10. The highest BCUT2D eigenvalue weighted by molar-refractivity contribution is 6.42. The largest absolute Gasteiger partial charge is 0.758 e. The maximum Gasteiger partial charge on any atom is 0.758 e. The molecule has 0 fully saturated rings. The SMILES string of the molecule is CCCCC(CC)[CH2][Al]([F])[F]. The van der Waals surface area contributed by atoms with Crippen LogP contribution in [0.15, 0.2) is 0 Å². The van der Waals surface area contributed by atoms with Gasteiger partial charge in [0.2, 0.25) is 0 Å². The first-order chi connectivity index (χ1) is 5.20. The van der Waals surface area contributed by atoms with Crippen molar-refractivity contribution < 1.29 is 7.05 Å². The van der Waals surface area contributed by atoms with Gasteiger partial charge in [0.05, 0.1) is 0 Å². The van der Waals surface area contributed by atoms with E-state index in [1.807, 2.05) is 6.92 Å². The van der Waals surface area contributed by atoms with E-state index in [2.05, 4.69) is 6.92 Å². The molecular weight excluding hydrogens is 161 g/mol. The lowest BCUT2D eigenvalue weighted by molar-refractivity contribution is 0.466. The fourth-order valence-corrected chi connectivity index (χ4v) is 2.31. The summed E-state index contributed by atoms with van der Waals surface area (Å²) in [6, 6.07) is 0. The number of hydrogen-bond donors (Lipinski definition) is 0. The van der Waals surface area contributed by atoms with Gasteiger partial charge in [0, 0.05) is 0 Å². The zero-order valence-corrected chi connectivity index (χ0v) is 8.60. The van der Waals surface area contributed by atoms with Crippen molar-refractivity contribution in [2.75, 3.05) is 0 Å². The maximum absolute atomic E-state index is 12.0. The van der Waals surface area contributed by atoms with Gasteiger partial charge in [-0.1, -0.05) is 39.5 Å². The number of unbranched alkanes of at least 4 members (excludes halogenated alkanes) is 1. The van der Waals surface area contributed by atoms with E-state index in [9.17, 15) is 7.05 Å². The van der Waals surface area contributed by atoms with E-state index in [4.69, 9.17) is 0 Å². The van der Waals surface area contributed by atoms with E-state index in [-0.39, 0.29) is 5.28 Å². The van der Waals surface area contributed by atoms with Gasteiger partial charge < -0.3 is 7.05 Å². The van der Waals surface area contributed by atoms with Gasteiger partial charge in [-0.3, -0.25) is 0 Å². The molecule has 0 saturated carbocycles. The van der Waals surface area contributed by atoms with Crippen LogP contribution in [0.2, 0.25) is 5.28 Å². The van der Waals surface area contributed by atoms with Crippen molar-refractivity contribution >= 4 is 15.1 Å². The summed E-state index contributed by atoms with van der Waals surface area (Å²) in [7, 11) is 0. The van der Waals surface area contributed by atoms with Gasteiger partial charge in [-0.2, -0.15) is 0 Å². The Kier molecular flexibility index (Phi) is 7.32. The highest BCUT2D eigenvalue weighted by atomic mass is 27.3. The summed E-state index contributed by atoms with van der Waals surface area (Å²) in [5, 5.41) is 0.233. The Bertz CT molecular complexity index is 86.2. The third-order valence-electron chi connectivity index (χ3n) is 2.05. The van der Waals surface area contributed by atoms with Crippen LogP contribution in [-0.2, 0) is 0 Å². The molecule has 0 radical (unpaired) electrons. The second kappa shape index (κ2) is 7.06. The summed E-state index contributed by atoms with van der Waals surface area (Å²) < 4.78 is 24.1. The van der Waals surface area contributed by atoms with Crippen LogP contribution in [0.25, 0.3) is 0 Å². The Morgan fingerprint density at radius 3 is 2.27 bits per heavy atom. The molecule has 1 unspecified atom stereocenters. The molecule has 3 heteroatoms. The van der Waals surface area contributed by atoms with E-state index in [0.717, 1.165) is 25.7 Å². The number of halogens is 2. The quantitative estimate of drug-likeness (QED) is 0.545. The van der Waals surface area contributed by atoms with E-state index >= 15 is 0 Å². The van der Waals surface area contributed by atoms with Gasteiger partial charge in [-0.05, 0) is 11.2 Å². The zero-order valence-electron chi connectivity index (χ0n) is 7.45. The minimum absolute atomic E-state index is 0.233. The summed E-state index contributed by atoms with van der Waals surface area (Å²) in [4.78, 5) is 0. The normalized spacial score (nSPS) is 13.1. The lowest BCUT2D eigenvalue weighted by Crippen LogP contribution is -2.07. The van der Waals surface area contributed by atoms with Crippen LogP contribution in [0.5, 0.6) is 0 Å². The van der Waals surface area contributed by atoms with E-state index in [0.29, 0.717) is 5.92 Å². The Morgan fingerprint density at radius 1 is 1.27 bits per heavy atom. The summed E-state index contributed by atoms with van der Waals surface area (Å²) in [5.41, 5.74) is 0. The topological polar surface area (TPSA) is 0 Å². The van der Waals surface area contributed by atoms with E-state index in [1.165, 1.54) is 0 Å². The minimum Gasteiger partial charge on any atom is -0.374 e. The van der Waals surface area contributed by atoms with E-state index < -0.39 is 15.1 Å². The Labute approximate surface area is 73.3 Å². The van der Waals surface area contributed by atoms with Crippen LogP contribution in [0.1, 0.15) is 39.5 Å². The summed E-state index contributed by atoms with van der Waals surface area (Å²) in [5.74, 6) is 0.307. The second-order valence-electron chi connectivity index (χ2n) is 3.04. The molecule has 0 saturated heterocycles. The summed E-state index contributed by atoms with van der Waals surface area (Å²) >= 11 is -3.29.